The first-order valence-electron chi connectivity index (χ1n) is 8.41. The van der Waals surface area contributed by atoms with Gasteiger partial charge < -0.3 is 10.2 Å². The van der Waals surface area contributed by atoms with E-state index in [0.29, 0.717) is 5.02 Å². The van der Waals surface area contributed by atoms with Gasteiger partial charge in [-0.15, -0.1) is 0 Å². The summed E-state index contributed by atoms with van der Waals surface area (Å²) in [6, 6.07) is 7.69. The van der Waals surface area contributed by atoms with E-state index >= 15 is 0 Å². The van der Waals surface area contributed by atoms with E-state index in [1.54, 1.807) is 6.20 Å². The van der Waals surface area contributed by atoms with Gasteiger partial charge >= 0.3 is 0 Å². The Morgan fingerprint density at radius 3 is 2.83 bits per heavy atom. The minimum atomic E-state index is -0.172. The van der Waals surface area contributed by atoms with Gasteiger partial charge in [-0.1, -0.05) is 24.6 Å². The summed E-state index contributed by atoms with van der Waals surface area (Å²) in [5.74, 6) is 0.169. The smallest absolute Gasteiger partial charge is 0.245 e. The van der Waals surface area contributed by atoms with Crippen LogP contribution in [0.3, 0.4) is 0 Å². The molecule has 1 fully saturated rings. The number of hydrogen-bond donors (Lipinski definition) is 1. The first-order valence-corrected chi connectivity index (χ1v) is 8.79. The zero-order chi connectivity index (χ0) is 17.3. The standard InChI is InChI=1S/C18H23ClN4O/c1-4-17-16(21-15-8-9-22(12(2)3)18(15)24)11-20-23(17)14-7-5-6-13(19)10-14/h5-7,10-12,15,21H,4,8-9H2,1-3H3. The molecule has 1 aromatic carbocycles. The molecule has 1 aromatic heterocycles. The molecule has 2 heterocycles. The second kappa shape index (κ2) is 6.85. The van der Waals surface area contributed by atoms with Crippen LogP contribution in [0.15, 0.2) is 30.5 Å². The van der Waals surface area contributed by atoms with Gasteiger partial charge in [0, 0.05) is 17.6 Å². The van der Waals surface area contributed by atoms with E-state index in [9.17, 15) is 4.79 Å². The molecule has 5 nitrogen and oxygen atoms in total. The molecule has 1 aliphatic rings. The summed E-state index contributed by atoms with van der Waals surface area (Å²) in [4.78, 5) is 14.4. The van der Waals surface area contributed by atoms with Crippen molar-refractivity contribution >= 4 is 23.2 Å². The third-order valence-electron chi connectivity index (χ3n) is 4.45. The van der Waals surface area contributed by atoms with E-state index in [-0.39, 0.29) is 18.0 Å². The van der Waals surface area contributed by atoms with Crippen LogP contribution in [0, 0.1) is 0 Å². The highest BCUT2D eigenvalue weighted by atomic mass is 35.5. The number of nitrogens with one attached hydrogen (secondary N) is 1. The van der Waals surface area contributed by atoms with Gasteiger partial charge in [-0.3, -0.25) is 4.79 Å². The Hall–Kier alpha value is -2.01. The predicted molar refractivity (Wildman–Crippen MR) is 96.8 cm³/mol. The fourth-order valence-electron chi connectivity index (χ4n) is 3.20. The summed E-state index contributed by atoms with van der Waals surface area (Å²) in [6.07, 6.45) is 3.43. The average Bonchev–Trinajstić information content (AvgIpc) is 3.12. The van der Waals surface area contributed by atoms with Crippen molar-refractivity contribution < 1.29 is 4.79 Å². The molecule has 2 aromatic rings. The highest BCUT2D eigenvalue weighted by Crippen LogP contribution is 2.25. The van der Waals surface area contributed by atoms with E-state index in [1.807, 2.05) is 33.8 Å². The number of benzene rings is 1. The Kier molecular flexibility index (Phi) is 4.81. The third kappa shape index (κ3) is 3.13. The maximum Gasteiger partial charge on any atom is 0.245 e. The Morgan fingerprint density at radius 2 is 2.21 bits per heavy atom. The van der Waals surface area contributed by atoms with Gasteiger partial charge in [0.25, 0.3) is 0 Å². The van der Waals surface area contributed by atoms with Crippen LogP contribution in [-0.2, 0) is 11.2 Å². The minimum Gasteiger partial charge on any atom is -0.371 e. The van der Waals surface area contributed by atoms with E-state index in [1.165, 1.54) is 0 Å². The Labute approximate surface area is 147 Å². The predicted octanol–water partition coefficient (Wildman–Crippen LogP) is 3.51. The van der Waals surface area contributed by atoms with Crippen LogP contribution in [0.5, 0.6) is 0 Å². The van der Waals surface area contributed by atoms with E-state index in [2.05, 4.69) is 31.2 Å². The maximum atomic E-state index is 12.5. The zero-order valence-corrected chi connectivity index (χ0v) is 15.0. The van der Waals surface area contributed by atoms with Crippen molar-refractivity contribution in [3.05, 3.63) is 41.2 Å². The number of carbonyl (C=O) groups excluding carboxylic acids is 1. The Balaban J connectivity index is 1.84. The summed E-state index contributed by atoms with van der Waals surface area (Å²) in [6.45, 7) is 6.99. The Bertz CT molecular complexity index is 740. The quantitative estimate of drug-likeness (QED) is 0.901. The van der Waals surface area contributed by atoms with Crippen molar-refractivity contribution in [2.75, 3.05) is 11.9 Å². The lowest BCUT2D eigenvalue weighted by Gasteiger charge is -2.21. The lowest BCUT2D eigenvalue weighted by Crippen LogP contribution is -2.37. The van der Waals surface area contributed by atoms with Crippen LogP contribution >= 0.6 is 11.6 Å². The molecule has 0 bridgehead atoms. The van der Waals surface area contributed by atoms with Gasteiger partial charge in [0.2, 0.25) is 5.91 Å². The van der Waals surface area contributed by atoms with Crippen LogP contribution in [0.2, 0.25) is 5.02 Å². The molecule has 1 aliphatic heterocycles. The molecular formula is C18H23ClN4O. The summed E-state index contributed by atoms with van der Waals surface area (Å²) in [5.41, 5.74) is 2.89. The first kappa shape index (κ1) is 16.8. The number of anilines is 1. The molecule has 24 heavy (non-hydrogen) atoms. The normalized spacial score (nSPS) is 17.8. The van der Waals surface area contributed by atoms with Crippen LogP contribution < -0.4 is 5.32 Å². The molecule has 0 radical (unpaired) electrons. The van der Waals surface area contributed by atoms with Gasteiger partial charge in [0.15, 0.2) is 0 Å². The van der Waals surface area contributed by atoms with E-state index < -0.39 is 0 Å². The number of aromatic nitrogens is 2. The van der Waals surface area contributed by atoms with Gasteiger partial charge in [0.05, 0.1) is 23.3 Å². The van der Waals surface area contributed by atoms with Crippen LogP contribution in [-0.4, -0.2) is 39.2 Å². The van der Waals surface area contributed by atoms with Crippen LogP contribution in [0.1, 0.15) is 32.9 Å². The summed E-state index contributed by atoms with van der Waals surface area (Å²) < 4.78 is 1.88. The summed E-state index contributed by atoms with van der Waals surface area (Å²) >= 11 is 6.09. The number of rotatable bonds is 5. The first-order chi connectivity index (χ1) is 11.5. The summed E-state index contributed by atoms with van der Waals surface area (Å²) in [5, 5.41) is 8.56. The SMILES string of the molecule is CCc1c(NC2CCN(C(C)C)C2=O)cnn1-c1cccc(Cl)c1. The molecule has 0 spiro atoms. The fraction of sp³-hybridized carbons (Fsp3) is 0.444. The number of carbonyl (C=O) groups is 1. The third-order valence-corrected chi connectivity index (χ3v) is 4.68. The second-order valence-corrected chi connectivity index (χ2v) is 6.80. The number of hydrogen-bond acceptors (Lipinski definition) is 3. The molecule has 128 valence electrons. The minimum absolute atomic E-state index is 0.169. The average molecular weight is 347 g/mol. The topological polar surface area (TPSA) is 50.2 Å². The molecule has 1 saturated heterocycles. The molecule has 1 N–H and O–H groups in total. The highest BCUT2D eigenvalue weighted by Gasteiger charge is 2.33. The molecule has 0 aliphatic carbocycles. The Morgan fingerprint density at radius 1 is 1.42 bits per heavy atom. The molecule has 3 rings (SSSR count). The number of amides is 1. The van der Waals surface area contributed by atoms with Crippen molar-refractivity contribution in [2.45, 2.75) is 45.7 Å². The molecule has 0 saturated carbocycles. The van der Waals surface area contributed by atoms with Gasteiger partial charge in [-0.2, -0.15) is 5.10 Å². The zero-order valence-electron chi connectivity index (χ0n) is 14.3. The number of halogens is 1. The molecule has 6 heteroatoms. The molecule has 1 amide bonds. The van der Waals surface area contributed by atoms with Crippen molar-refractivity contribution in [2.24, 2.45) is 0 Å². The van der Waals surface area contributed by atoms with Crippen molar-refractivity contribution in [3.8, 4) is 5.69 Å². The largest absolute Gasteiger partial charge is 0.371 e. The molecule has 1 atom stereocenters. The van der Waals surface area contributed by atoms with Gasteiger partial charge in [0.1, 0.15) is 6.04 Å². The summed E-state index contributed by atoms with van der Waals surface area (Å²) in [7, 11) is 0. The van der Waals surface area contributed by atoms with Crippen molar-refractivity contribution in [1.29, 1.82) is 0 Å². The highest BCUT2D eigenvalue weighted by molar-refractivity contribution is 6.30. The van der Waals surface area contributed by atoms with Crippen LogP contribution in [0.25, 0.3) is 5.69 Å². The van der Waals surface area contributed by atoms with E-state index in [4.69, 9.17) is 11.6 Å². The molecule has 1 unspecified atom stereocenters. The lowest BCUT2D eigenvalue weighted by molar-refractivity contribution is -0.129. The lowest BCUT2D eigenvalue weighted by atomic mass is 10.2. The number of nitrogens with zero attached hydrogens (tertiary/aromatic N) is 3. The van der Waals surface area contributed by atoms with Crippen molar-refractivity contribution in [3.63, 3.8) is 0 Å². The number of likely N-dealkylation sites (tertiary alicyclic amines) is 1. The second-order valence-electron chi connectivity index (χ2n) is 6.36. The molecular weight excluding hydrogens is 324 g/mol. The van der Waals surface area contributed by atoms with E-state index in [0.717, 1.165) is 36.5 Å². The van der Waals surface area contributed by atoms with Crippen molar-refractivity contribution in [1.82, 2.24) is 14.7 Å². The monoisotopic (exact) mass is 346 g/mol. The maximum absolute atomic E-state index is 12.5. The van der Waals surface area contributed by atoms with Gasteiger partial charge in [-0.25, -0.2) is 4.68 Å². The van der Waals surface area contributed by atoms with Gasteiger partial charge in [-0.05, 0) is 44.9 Å². The van der Waals surface area contributed by atoms with Crippen LogP contribution in [0.4, 0.5) is 5.69 Å². The fourth-order valence-corrected chi connectivity index (χ4v) is 3.39.